The molecule has 7 nitrogen and oxygen atoms in total. The zero-order chi connectivity index (χ0) is 20.3. The minimum absolute atomic E-state index is 0.187. The molecule has 1 aliphatic rings. The summed E-state index contributed by atoms with van der Waals surface area (Å²) < 4.78 is 11.1. The van der Waals surface area contributed by atoms with Crippen LogP contribution in [0, 0.1) is 0 Å². The van der Waals surface area contributed by atoms with E-state index in [4.69, 9.17) is 21.1 Å². The maximum Gasteiger partial charge on any atom is 0.308 e. The van der Waals surface area contributed by atoms with Crippen molar-refractivity contribution in [2.75, 3.05) is 26.8 Å². The number of carbonyl (C=O) groups excluding carboxylic acids is 3. The molecule has 0 spiro atoms. The van der Waals surface area contributed by atoms with Crippen LogP contribution >= 0.6 is 22.9 Å². The van der Waals surface area contributed by atoms with Gasteiger partial charge in [0.05, 0.1) is 25.2 Å². The van der Waals surface area contributed by atoms with Crippen LogP contribution in [0.1, 0.15) is 29.4 Å². The van der Waals surface area contributed by atoms with Crippen LogP contribution in [0.3, 0.4) is 0 Å². The Labute approximate surface area is 171 Å². The summed E-state index contributed by atoms with van der Waals surface area (Å²) in [6.45, 7) is 2.78. The normalized spacial score (nSPS) is 16.8. The van der Waals surface area contributed by atoms with E-state index in [1.54, 1.807) is 19.2 Å². The minimum atomic E-state index is -0.915. The number of esters is 1. The number of rotatable bonds is 6. The second kappa shape index (κ2) is 8.79. The average Bonchev–Trinajstić information content (AvgIpc) is 3.03. The van der Waals surface area contributed by atoms with E-state index in [2.05, 4.69) is 5.32 Å². The molecule has 0 bridgehead atoms. The highest BCUT2D eigenvalue weighted by Crippen LogP contribution is 2.38. The number of ether oxygens (including phenoxy) is 2. The van der Waals surface area contributed by atoms with E-state index in [1.807, 2.05) is 13.0 Å². The Morgan fingerprint density at radius 1 is 1.39 bits per heavy atom. The second-order valence-corrected chi connectivity index (χ2v) is 7.77. The zero-order valence-corrected chi connectivity index (χ0v) is 17.2. The molecule has 1 unspecified atom stereocenters. The van der Waals surface area contributed by atoms with Gasteiger partial charge in [0.1, 0.15) is 16.7 Å². The molecule has 2 amide bonds. The Balaban J connectivity index is 1.88. The summed E-state index contributed by atoms with van der Waals surface area (Å²) in [4.78, 5) is 39.3. The van der Waals surface area contributed by atoms with E-state index < -0.39 is 12.0 Å². The number of thiophene rings is 1. The standard InChI is InChI=1S/C19H21ClN2O5S/c1-3-8-27-15(23)10-13-18(24)21-6-7-22(13)19(25)17-16(20)12-5-4-11(26-2)9-14(12)28-17/h4-5,9,13H,3,6-8,10H2,1-2H3,(H,21,24). The lowest BCUT2D eigenvalue weighted by molar-refractivity contribution is -0.147. The molecule has 0 radical (unpaired) electrons. The predicted octanol–water partition coefficient (Wildman–Crippen LogP) is 2.85. The molecule has 3 rings (SSSR count). The molecule has 150 valence electrons. The fraction of sp³-hybridized carbons (Fsp3) is 0.421. The second-order valence-electron chi connectivity index (χ2n) is 6.34. The molecule has 1 aromatic heterocycles. The van der Waals surface area contributed by atoms with Gasteiger partial charge >= 0.3 is 5.97 Å². The summed E-state index contributed by atoms with van der Waals surface area (Å²) in [6.07, 6.45) is 0.500. The quantitative estimate of drug-likeness (QED) is 0.721. The number of amides is 2. The predicted molar refractivity (Wildman–Crippen MR) is 107 cm³/mol. The van der Waals surface area contributed by atoms with Crippen LogP contribution in [0.4, 0.5) is 0 Å². The minimum Gasteiger partial charge on any atom is -0.497 e. The van der Waals surface area contributed by atoms with Gasteiger partial charge in [-0.25, -0.2) is 0 Å². The average molecular weight is 425 g/mol. The number of fused-ring (bicyclic) bond motifs is 1. The van der Waals surface area contributed by atoms with Crippen molar-refractivity contribution >= 4 is 50.8 Å². The highest BCUT2D eigenvalue weighted by atomic mass is 35.5. The summed E-state index contributed by atoms with van der Waals surface area (Å²) >= 11 is 7.70. The number of hydrogen-bond donors (Lipinski definition) is 1. The SMILES string of the molecule is CCCOC(=O)CC1C(=O)NCCN1C(=O)c1sc2cc(OC)ccc2c1Cl. The number of piperazine rings is 1. The number of nitrogens with one attached hydrogen (secondary N) is 1. The Morgan fingerprint density at radius 2 is 2.18 bits per heavy atom. The summed E-state index contributed by atoms with van der Waals surface area (Å²) in [7, 11) is 1.57. The first kappa shape index (κ1) is 20.4. The molecule has 9 heteroatoms. The molecular formula is C19H21ClN2O5S. The van der Waals surface area contributed by atoms with Gasteiger partial charge in [-0.1, -0.05) is 18.5 Å². The summed E-state index contributed by atoms with van der Waals surface area (Å²) in [5, 5.41) is 3.78. The Morgan fingerprint density at radius 3 is 2.89 bits per heavy atom. The molecule has 1 fully saturated rings. The molecule has 28 heavy (non-hydrogen) atoms. The van der Waals surface area contributed by atoms with Crippen molar-refractivity contribution in [3.8, 4) is 5.75 Å². The van der Waals surface area contributed by atoms with Crippen molar-refractivity contribution in [3.63, 3.8) is 0 Å². The van der Waals surface area contributed by atoms with Gasteiger partial charge in [-0.05, 0) is 24.6 Å². The molecule has 1 saturated heterocycles. The van der Waals surface area contributed by atoms with Crippen LogP contribution in [0.15, 0.2) is 18.2 Å². The van der Waals surface area contributed by atoms with E-state index in [9.17, 15) is 14.4 Å². The van der Waals surface area contributed by atoms with Gasteiger partial charge in [-0.15, -0.1) is 11.3 Å². The van der Waals surface area contributed by atoms with Crippen molar-refractivity contribution in [2.24, 2.45) is 0 Å². The molecule has 0 saturated carbocycles. The molecule has 0 aliphatic carbocycles. The molecule has 1 N–H and O–H groups in total. The lowest BCUT2D eigenvalue weighted by Crippen LogP contribution is -2.57. The number of benzene rings is 1. The Kier molecular flexibility index (Phi) is 6.41. The van der Waals surface area contributed by atoms with Gasteiger partial charge in [0.15, 0.2) is 0 Å². The summed E-state index contributed by atoms with van der Waals surface area (Å²) in [6, 6.07) is 4.47. The number of hydrogen-bond acceptors (Lipinski definition) is 6. The van der Waals surface area contributed by atoms with Crippen molar-refractivity contribution < 1.29 is 23.9 Å². The molecule has 2 aromatic rings. The van der Waals surface area contributed by atoms with E-state index in [0.29, 0.717) is 35.2 Å². The van der Waals surface area contributed by atoms with Crippen molar-refractivity contribution in [2.45, 2.75) is 25.8 Å². The highest BCUT2D eigenvalue weighted by molar-refractivity contribution is 7.21. The summed E-state index contributed by atoms with van der Waals surface area (Å²) in [5.41, 5.74) is 0. The maximum absolute atomic E-state index is 13.2. The van der Waals surface area contributed by atoms with Crippen molar-refractivity contribution in [1.82, 2.24) is 10.2 Å². The van der Waals surface area contributed by atoms with Crippen molar-refractivity contribution in [3.05, 3.63) is 28.1 Å². The number of carbonyl (C=O) groups is 3. The largest absolute Gasteiger partial charge is 0.497 e. The molecule has 2 heterocycles. The van der Waals surface area contributed by atoms with E-state index in [0.717, 1.165) is 10.1 Å². The first-order valence-corrected chi connectivity index (χ1v) is 10.2. The lowest BCUT2D eigenvalue weighted by atomic mass is 10.1. The van der Waals surface area contributed by atoms with Crippen LogP contribution in [0.25, 0.3) is 10.1 Å². The van der Waals surface area contributed by atoms with Crippen LogP contribution in [0.5, 0.6) is 5.75 Å². The number of methoxy groups -OCH3 is 1. The number of halogens is 1. The van der Waals surface area contributed by atoms with Gasteiger partial charge in [-0.2, -0.15) is 0 Å². The first-order chi connectivity index (χ1) is 13.5. The van der Waals surface area contributed by atoms with Crippen LogP contribution in [0.2, 0.25) is 5.02 Å². The van der Waals surface area contributed by atoms with E-state index >= 15 is 0 Å². The third-order valence-corrected chi connectivity index (χ3v) is 6.09. The van der Waals surface area contributed by atoms with Gasteiger partial charge in [0.25, 0.3) is 5.91 Å². The van der Waals surface area contributed by atoms with Crippen molar-refractivity contribution in [1.29, 1.82) is 0 Å². The van der Waals surface area contributed by atoms with Gasteiger partial charge < -0.3 is 19.7 Å². The first-order valence-electron chi connectivity index (χ1n) is 8.96. The molecular weight excluding hydrogens is 404 g/mol. The van der Waals surface area contributed by atoms with Gasteiger partial charge in [0.2, 0.25) is 5.91 Å². The topological polar surface area (TPSA) is 84.9 Å². The fourth-order valence-electron chi connectivity index (χ4n) is 3.03. The Hall–Kier alpha value is -2.32. The maximum atomic E-state index is 13.2. The van der Waals surface area contributed by atoms with Crippen LogP contribution < -0.4 is 10.1 Å². The number of nitrogens with zero attached hydrogens (tertiary/aromatic N) is 1. The van der Waals surface area contributed by atoms with E-state index in [-0.39, 0.29) is 24.8 Å². The third-order valence-electron chi connectivity index (χ3n) is 4.45. The smallest absolute Gasteiger partial charge is 0.308 e. The van der Waals surface area contributed by atoms with Crippen LogP contribution in [-0.2, 0) is 14.3 Å². The van der Waals surface area contributed by atoms with Gasteiger partial charge in [0, 0.05) is 23.2 Å². The highest BCUT2D eigenvalue weighted by Gasteiger charge is 2.37. The van der Waals surface area contributed by atoms with Gasteiger partial charge in [-0.3, -0.25) is 14.4 Å². The monoisotopic (exact) mass is 424 g/mol. The fourth-order valence-corrected chi connectivity index (χ4v) is 4.53. The summed E-state index contributed by atoms with van der Waals surface area (Å²) in [5.74, 6) is -0.576. The molecule has 1 atom stereocenters. The molecule has 1 aliphatic heterocycles. The lowest BCUT2D eigenvalue weighted by Gasteiger charge is -2.34. The van der Waals surface area contributed by atoms with Crippen LogP contribution in [-0.4, -0.2) is 55.5 Å². The third kappa shape index (κ3) is 4.07. The zero-order valence-electron chi connectivity index (χ0n) is 15.6. The molecule has 1 aromatic carbocycles. The van der Waals surface area contributed by atoms with E-state index in [1.165, 1.54) is 16.2 Å². The Bertz CT molecular complexity index is 913.